The third-order valence-corrected chi connectivity index (χ3v) is 5.24. The normalized spacial score (nSPS) is 15.0. The molecule has 0 unspecified atom stereocenters. The molecule has 2 aromatic carbocycles. The van der Waals surface area contributed by atoms with Crippen molar-refractivity contribution in [2.24, 2.45) is 0 Å². The Hall–Kier alpha value is -2.90. The molecule has 0 radical (unpaired) electrons. The molecule has 0 spiro atoms. The summed E-state index contributed by atoms with van der Waals surface area (Å²) in [6.07, 6.45) is 2.86. The van der Waals surface area contributed by atoms with E-state index in [4.69, 9.17) is 4.42 Å². The maximum absolute atomic E-state index is 9.71. The number of piperidine rings is 1. The lowest BCUT2D eigenvalue weighted by molar-refractivity contribution is 0.260. The lowest BCUT2D eigenvalue weighted by Gasteiger charge is -2.28. The van der Waals surface area contributed by atoms with Crippen LogP contribution in [-0.4, -0.2) is 29.5 Å². The van der Waals surface area contributed by atoms with Crippen LogP contribution in [0.25, 0.3) is 16.7 Å². The number of hydrogen-bond donors (Lipinski definition) is 0. The van der Waals surface area contributed by atoms with Crippen molar-refractivity contribution in [1.82, 2.24) is 9.88 Å². The van der Waals surface area contributed by atoms with Gasteiger partial charge in [-0.05, 0) is 55.0 Å². The monoisotopic (exact) mass is 357 g/mol. The zero-order chi connectivity index (χ0) is 18.6. The third kappa shape index (κ3) is 3.94. The molecule has 0 aliphatic carbocycles. The fourth-order valence-corrected chi connectivity index (χ4v) is 3.65. The fourth-order valence-electron chi connectivity index (χ4n) is 3.65. The SMILES string of the molecule is Cc1ccc2oc(C(C#N)=C3CCN(CCc4ccccc4)CC3)nc2c1. The molecule has 2 heterocycles. The van der Waals surface area contributed by atoms with Crippen molar-refractivity contribution in [3.8, 4) is 6.07 Å². The van der Waals surface area contributed by atoms with Gasteiger partial charge in [-0.2, -0.15) is 5.26 Å². The van der Waals surface area contributed by atoms with E-state index in [0.717, 1.165) is 61.1 Å². The van der Waals surface area contributed by atoms with Gasteiger partial charge in [-0.25, -0.2) is 4.98 Å². The topological polar surface area (TPSA) is 53.1 Å². The highest BCUT2D eigenvalue weighted by Crippen LogP contribution is 2.28. The lowest BCUT2D eigenvalue weighted by Crippen LogP contribution is -2.32. The molecule has 1 aliphatic rings. The zero-order valence-electron chi connectivity index (χ0n) is 15.6. The van der Waals surface area contributed by atoms with Crippen LogP contribution in [0.5, 0.6) is 0 Å². The van der Waals surface area contributed by atoms with Gasteiger partial charge in [0, 0.05) is 19.6 Å². The second-order valence-electron chi connectivity index (χ2n) is 7.16. The Kier molecular flexibility index (Phi) is 5.04. The van der Waals surface area contributed by atoms with Gasteiger partial charge in [0.2, 0.25) is 5.89 Å². The van der Waals surface area contributed by atoms with Crippen molar-refractivity contribution in [3.63, 3.8) is 0 Å². The molecule has 4 rings (SSSR count). The molecule has 27 heavy (non-hydrogen) atoms. The summed E-state index contributed by atoms with van der Waals surface area (Å²) in [7, 11) is 0. The van der Waals surface area contributed by atoms with Crippen LogP contribution in [0.2, 0.25) is 0 Å². The molecule has 1 aromatic heterocycles. The quantitative estimate of drug-likeness (QED) is 0.632. The number of rotatable bonds is 4. The molecule has 0 saturated carbocycles. The first kappa shape index (κ1) is 17.5. The first-order chi connectivity index (χ1) is 13.2. The van der Waals surface area contributed by atoms with E-state index in [-0.39, 0.29) is 0 Å². The van der Waals surface area contributed by atoms with E-state index in [2.05, 4.69) is 46.3 Å². The first-order valence-corrected chi connectivity index (χ1v) is 9.49. The van der Waals surface area contributed by atoms with Crippen molar-refractivity contribution >= 4 is 16.7 Å². The fraction of sp³-hybridized carbons (Fsp3) is 0.304. The molecule has 1 aliphatic heterocycles. The third-order valence-electron chi connectivity index (χ3n) is 5.24. The van der Waals surface area contributed by atoms with Gasteiger partial charge in [-0.3, -0.25) is 0 Å². The number of nitriles is 1. The largest absolute Gasteiger partial charge is 0.435 e. The highest BCUT2D eigenvalue weighted by Gasteiger charge is 2.21. The van der Waals surface area contributed by atoms with Crippen LogP contribution in [0.15, 0.2) is 58.5 Å². The summed E-state index contributed by atoms with van der Waals surface area (Å²) in [6.45, 7) is 5.04. The molecule has 1 saturated heterocycles. The smallest absolute Gasteiger partial charge is 0.238 e. The van der Waals surface area contributed by atoms with E-state index >= 15 is 0 Å². The first-order valence-electron chi connectivity index (χ1n) is 9.49. The summed E-state index contributed by atoms with van der Waals surface area (Å²) in [5.74, 6) is 0.464. The van der Waals surface area contributed by atoms with E-state index in [1.54, 1.807) is 0 Å². The number of aryl methyl sites for hydroxylation is 1. The van der Waals surface area contributed by atoms with Gasteiger partial charge in [0.05, 0.1) is 0 Å². The maximum Gasteiger partial charge on any atom is 0.238 e. The number of fused-ring (bicyclic) bond motifs is 1. The summed E-state index contributed by atoms with van der Waals surface area (Å²) in [5.41, 5.74) is 5.85. The molecule has 0 N–H and O–H groups in total. The number of hydrogen-bond acceptors (Lipinski definition) is 4. The van der Waals surface area contributed by atoms with Gasteiger partial charge in [-0.1, -0.05) is 36.4 Å². The van der Waals surface area contributed by atoms with E-state index in [1.807, 2.05) is 25.1 Å². The van der Waals surface area contributed by atoms with Gasteiger partial charge in [0.1, 0.15) is 17.2 Å². The second-order valence-corrected chi connectivity index (χ2v) is 7.16. The minimum absolute atomic E-state index is 0.464. The van der Waals surface area contributed by atoms with Crippen LogP contribution in [0.1, 0.15) is 29.9 Å². The van der Waals surface area contributed by atoms with Crippen LogP contribution >= 0.6 is 0 Å². The number of aromatic nitrogens is 1. The lowest BCUT2D eigenvalue weighted by atomic mass is 9.98. The molecule has 136 valence electrons. The number of nitrogens with zero attached hydrogens (tertiary/aromatic N) is 3. The van der Waals surface area contributed by atoms with Crippen molar-refractivity contribution in [3.05, 3.63) is 71.1 Å². The molecule has 1 fully saturated rings. The van der Waals surface area contributed by atoms with Gasteiger partial charge in [0.15, 0.2) is 5.58 Å². The van der Waals surface area contributed by atoms with Gasteiger partial charge in [0.25, 0.3) is 0 Å². The van der Waals surface area contributed by atoms with Crippen LogP contribution in [-0.2, 0) is 6.42 Å². The molecular formula is C23H23N3O. The Morgan fingerprint density at radius 1 is 1.15 bits per heavy atom. The summed E-state index contributed by atoms with van der Waals surface area (Å²) in [5, 5.41) is 9.71. The Morgan fingerprint density at radius 3 is 2.67 bits per heavy atom. The van der Waals surface area contributed by atoms with Crippen molar-refractivity contribution in [2.45, 2.75) is 26.2 Å². The highest BCUT2D eigenvalue weighted by molar-refractivity contribution is 5.81. The minimum Gasteiger partial charge on any atom is -0.435 e. The van der Waals surface area contributed by atoms with E-state index in [0.29, 0.717) is 11.5 Å². The Morgan fingerprint density at radius 2 is 1.93 bits per heavy atom. The van der Waals surface area contributed by atoms with Gasteiger partial charge >= 0.3 is 0 Å². The average Bonchev–Trinajstić information content (AvgIpc) is 3.11. The molecule has 0 amide bonds. The van der Waals surface area contributed by atoms with Crippen molar-refractivity contribution in [2.75, 3.05) is 19.6 Å². The van der Waals surface area contributed by atoms with Crippen molar-refractivity contribution < 1.29 is 4.42 Å². The van der Waals surface area contributed by atoms with Gasteiger partial charge < -0.3 is 9.32 Å². The second kappa shape index (κ2) is 7.77. The summed E-state index contributed by atoms with van der Waals surface area (Å²) in [4.78, 5) is 7.03. The molecule has 0 atom stereocenters. The Balaban J connectivity index is 1.45. The van der Waals surface area contributed by atoms with Crippen LogP contribution in [0, 0.1) is 18.3 Å². The number of benzene rings is 2. The number of oxazole rings is 1. The molecule has 4 nitrogen and oxygen atoms in total. The molecule has 0 bridgehead atoms. The summed E-state index contributed by atoms with van der Waals surface area (Å²) in [6, 6.07) is 18.9. The van der Waals surface area contributed by atoms with Crippen LogP contribution in [0.3, 0.4) is 0 Å². The van der Waals surface area contributed by atoms with E-state index in [1.165, 1.54) is 5.56 Å². The molecule has 3 aromatic rings. The standard InChI is InChI=1S/C23H23N3O/c1-17-7-8-22-21(15-17)25-23(27-22)20(16-24)19-10-13-26(14-11-19)12-9-18-5-3-2-4-6-18/h2-8,15H,9-14H2,1H3. The Bertz CT molecular complexity index is 1000. The minimum atomic E-state index is 0.464. The summed E-state index contributed by atoms with van der Waals surface area (Å²) >= 11 is 0. The predicted molar refractivity (Wildman–Crippen MR) is 107 cm³/mol. The zero-order valence-corrected chi connectivity index (χ0v) is 15.6. The highest BCUT2D eigenvalue weighted by atomic mass is 16.3. The average molecular weight is 357 g/mol. The van der Waals surface area contributed by atoms with Crippen LogP contribution < -0.4 is 0 Å². The van der Waals surface area contributed by atoms with Crippen molar-refractivity contribution in [1.29, 1.82) is 5.26 Å². The Labute approximate surface area is 159 Å². The van der Waals surface area contributed by atoms with E-state index < -0.39 is 0 Å². The van der Waals surface area contributed by atoms with Crippen LogP contribution in [0.4, 0.5) is 0 Å². The maximum atomic E-state index is 9.71. The predicted octanol–water partition coefficient (Wildman–Crippen LogP) is 4.75. The molecule has 4 heteroatoms. The molecular weight excluding hydrogens is 334 g/mol. The van der Waals surface area contributed by atoms with Gasteiger partial charge in [-0.15, -0.1) is 0 Å². The summed E-state index contributed by atoms with van der Waals surface area (Å²) < 4.78 is 5.86. The number of allylic oxidation sites excluding steroid dienone is 1. The number of likely N-dealkylation sites (tertiary alicyclic amines) is 1. The van der Waals surface area contributed by atoms with E-state index in [9.17, 15) is 5.26 Å².